The standard InChI is InChI=1S/C20H13ClN2O2S2/c21-13-6-9-16(10-7-13)26-18-11-8-15(25-18)12-17-19(24)23-20(27-17)22-14-4-2-1-3-5-14/h1-12H,(H,22,23,24). The molecule has 1 aromatic heterocycles. The summed E-state index contributed by atoms with van der Waals surface area (Å²) in [5, 5.41) is 4.76. The summed E-state index contributed by atoms with van der Waals surface area (Å²) in [4.78, 5) is 18.2. The van der Waals surface area contributed by atoms with Crippen molar-refractivity contribution in [1.82, 2.24) is 5.32 Å². The summed E-state index contributed by atoms with van der Waals surface area (Å²) in [5.74, 6) is 0.433. The van der Waals surface area contributed by atoms with E-state index in [-0.39, 0.29) is 5.91 Å². The van der Waals surface area contributed by atoms with Crippen LogP contribution in [0.1, 0.15) is 5.76 Å². The Labute approximate surface area is 169 Å². The fourth-order valence-electron chi connectivity index (χ4n) is 2.32. The third kappa shape index (κ3) is 4.66. The number of thioether (sulfide) groups is 1. The number of carbonyl (C=O) groups is 1. The van der Waals surface area contributed by atoms with Crippen molar-refractivity contribution in [3.05, 3.63) is 82.4 Å². The van der Waals surface area contributed by atoms with Crippen molar-refractivity contribution in [3.8, 4) is 0 Å². The lowest BCUT2D eigenvalue weighted by molar-refractivity contribution is -0.115. The first-order valence-electron chi connectivity index (χ1n) is 8.04. The molecular weight excluding hydrogens is 400 g/mol. The third-order valence-electron chi connectivity index (χ3n) is 3.55. The fraction of sp³-hybridized carbons (Fsp3) is 0. The second-order valence-corrected chi connectivity index (χ2v) is 8.08. The van der Waals surface area contributed by atoms with Crippen molar-refractivity contribution < 1.29 is 9.21 Å². The van der Waals surface area contributed by atoms with Crippen molar-refractivity contribution in [2.45, 2.75) is 9.99 Å². The van der Waals surface area contributed by atoms with Crippen LogP contribution in [0.4, 0.5) is 5.69 Å². The number of para-hydroxylation sites is 1. The van der Waals surface area contributed by atoms with Crippen LogP contribution in [0, 0.1) is 0 Å². The van der Waals surface area contributed by atoms with Crippen LogP contribution in [0.5, 0.6) is 0 Å². The molecule has 2 heterocycles. The molecule has 4 nitrogen and oxygen atoms in total. The minimum Gasteiger partial charge on any atom is -0.450 e. The van der Waals surface area contributed by atoms with Crippen LogP contribution >= 0.6 is 35.1 Å². The molecule has 0 radical (unpaired) electrons. The first kappa shape index (κ1) is 18.0. The van der Waals surface area contributed by atoms with Gasteiger partial charge in [0.25, 0.3) is 5.91 Å². The zero-order valence-corrected chi connectivity index (χ0v) is 16.3. The maximum atomic E-state index is 12.2. The average Bonchev–Trinajstić information content (AvgIpc) is 3.24. The quantitative estimate of drug-likeness (QED) is 0.536. The van der Waals surface area contributed by atoms with Crippen molar-refractivity contribution in [2.75, 3.05) is 0 Å². The van der Waals surface area contributed by atoms with Crippen molar-refractivity contribution in [1.29, 1.82) is 0 Å². The lowest BCUT2D eigenvalue weighted by Crippen LogP contribution is -2.19. The minimum atomic E-state index is -0.182. The predicted octanol–water partition coefficient (Wildman–Crippen LogP) is 5.98. The van der Waals surface area contributed by atoms with Crippen molar-refractivity contribution in [3.63, 3.8) is 0 Å². The van der Waals surface area contributed by atoms with E-state index in [0.717, 1.165) is 15.7 Å². The number of nitrogens with zero attached hydrogens (tertiary/aromatic N) is 1. The van der Waals surface area contributed by atoms with Gasteiger partial charge in [-0.15, -0.1) is 0 Å². The molecular formula is C20H13ClN2O2S2. The lowest BCUT2D eigenvalue weighted by atomic mass is 10.3. The summed E-state index contributed by atoms with van der Waals surface area (Å²) in [7, 11) is 0. The Morgan fingerprint density at radius 3 is 2.59 bits per heavy atom. The Morgan fingerprint density at radius 1 is 1.04 bits per heavy atom. The minimum absolute atomic E-state index is 0.182. The van der Waals surface area contributed by atoms with Gasteiger partial charge in [-0.2, -0.15) is 0 Å². The van der Waals surface area contributed by atoms with Crippen molar-refractivity contribution in [2.24, 2.45) is 4.99 Å². The Kier molecular flexibility index (Phi) is 5.38. The van der Waals surface area contributed by atoms with Crippen LogP contribution in [-0.2, 0) is 4.79 Å². The monoisotopic (exact) mass is 412 g/mol. The molecule has 4 rings (SSSR count). The lowest BCUT2D eigenvalue weighted by Gasteiger charge is -1.97. The number of carbonyl (C=O) groups excluding carboxylic acids is 1. The molecule has 1 amide bonds. The van der Waals surface area contributed by atoms with Gasteiger partial charge in [0.2, 0.25) is 0 Å². The van der Waals surface area contributed by atoms with E-state index in [1.807, 2.05) is 66.7 Å². The number of hydrogen-bond acceptors (Lipinski definition) is 5. The van der Waals surface area contributed by atoms with Gasteiger partial charge in [-0.1, -0.05) is 41.6 Å². The Balaban J connectivity index is 1.47. The van der Waals surface area contributed by atoms with Gasteiger partial charge in [0, 0.05) is 16.0 Å². The highest BCUT2D eigenvalue weighted by atomic mass is 35.5. The summed E-state index contributed by atoms with van der Waals surface area (Å²) < 4.78 is 5.80. The normalized spacial score (nSPS) is 16.9. The predicted molar refractivity (Wildman–Crippen MR) is 112 cm³/mol. The number of nitrogens with one attached hydrogen (secondary N) is 1. The number of hydrogen-bond donors (Lipinski definition) is 1. The van der Waals surface area contributed by atoms with E-state index in [1.54, 1.807) is 6.08 Å². The molecule has 1 aliphatic heterocycles. The van der Waals surface area contributed by atoms with Gasteiger partial charge in [-0.25, -0.2) is 4.99 Å². The third-order valence-corrected chi connectivity index (χ3v) is 5.64. The van der Waals surface area contributed by atoms with Gasteiger partial charge < -0.3 is 9.73 Å². The highest BCUT2D eigenvalue weighted by Crippen LogP contribution is 2.32. The molecule has 7 heteroatoms. The second kappa shape index (κ2) is 8.08. The van der Waals surface area contributed by atoms with Crippen LogP contribution in [-0.4, -0.2) is 11.1 Å². The fourth-order valence-corrected chi connectivity index (χ4v) is 4.04. The van der Waals surface area contributed by atoms with Gasteiger partial charge in [0.1, 0.15) is 5.76 Å². The maximum absolute atomic E-state index is 12.2. The van der Waals surface area contributed by atoms with E-state index >= 15 is 0 Å². The number of amides is 1. The van der Waals surface area contributed by atoms with Gasteiger partial charge >= 0.3 is 0 Å². The smallest absolute Gasteiger partial charge is 0.264 e. The van der Waals surface area contributed by atoms with E-state index in [0.29, 0.717) is 20.9 Å². The van der Waals surface area contributed by atoms with E-state index < -0.39 is 0 Å². The second-order valence-electron chi connectivity index (χ2n) is 5.53. The van der Waals surface area contributed by atoms with E-state index in [2.05, 4.69) is 10.3 Å². The molecule has 0 unspecified atom stereocenters. The molecule has 134 valence electrons. The number of rotatable bonds is 4. The number of aliphatic imine (C=N–C) groups is 1. The molecule has 0 saturated carbocycles. The van der Waals surface area contributed by atoms with E-state index in [1.165, 1.54) is 23.5 Å². The zero-order chi connectivity index (χ0) is 18.6. The van der Waals surface area contributed by atoms with Gasteiger partial charge in [-0.05, 0) is 60.3 Å². The van der Waals surface area contributed by atoms with Crippen LogP contribution < -0.4 is 5.32 Å². The molecule has 27 heavy (non-hydrogen) atoms. The molecule has 1 aliphatic rings. The molecule has 0 spiro atoms. The Hall–Kier alpha value is -2.41. The maximum Gasteiger partial charge on any atom is 0.264 e. The zero-order valence-electron chi connectivity index (χ0n) is 13.9. The summed E-state index contributed by atoms with van der Waals surface area (Å²) in [6.07, 6.45) is 1.72. The number of benzene rings is 2. The van der Waals surface area contributed by atoms with Crippen molar-refractivity contribution >= 4 is 58.0 Å². The Morgan fingerprint density at radius 2 is 1.81 bits per heavy atom. The topological polar surface area (TPSA) is 54.6 Å². The number of furan rings is 1. The summed E-state index contributed by atoms with van der Waals surface area (Å²) in [5.41, 5.74) is 0.793. The molecule has 0 atom stereocenters. The van der Waals surface area contributed by atoms with Crippen LogP contribution in [0.3, 0.4) is 0 Å². The van der Waals surface area contributed by atoms with Crippen LogP contribution in [0.15, 0.2) is 91.0 Å². The molecule has 0 aliphatic carbocycles. The molecule has 3 aromatic rings. The molecule has 2 aromatic carbocycles. The molecule has 1 N–H and O–H groups in total. The summed E-state index contributed by atoms with van der Waals surface area (Å²) >= 11 is 8.68. The Bertz CT molecular complexity index is 1030. The summed E-state index contributed by atoms with van der Waals surface area (Å²) in [6.45, 7) is 0. The first-order valence-corrected chi connectivity index (χ1v) is 10.0. The van der Waals surface area contributed by atoms with E-state index in [9.17, 15) is 4.79 Å². The van der Waals surface area contributed by atoms with Gasteiger partial charge in [0.15, 0.2) is 10.3 Å². The number of amidine groups is 1. The van der Waals surface area contributed by atoms with Crippen LogP contribution in [0.2, 0.25) is 5.02 Å². The van der Waals surface area contributed by atoms with Crippen LogP contribution in [0.25, 0.3) is 6.08 Å². The summed E-state index contributed by atoms with van der Waals surface area (Å²) in [6, 6.07) is 20.7. The van der Waals surface area contributed by atoms with Gasteiger partial charge in [-0.3, -0.25) is 4.79 Å². The van der Waals surface area contributed by atoms with E-state index in [4.69, 9.17) is 16.0 Å². The average molecular weight is 413 g/mol. The largest absolute Gasteiger partial charge is 0.450 e. The molecule has 1 fully saturated rings. The first-order chi connectivity index (χ1) is 13.2. The number of halogens is 1. The SMILES string of the molecule is O=C1NC(=Nc2ccccc2)SC1=Cc1ccc(Sc2ccc(Cl)cc2)o1. The van der Waals surface area contributed by atoms with Gasteiger partial charge in [0.05, 0.1) is 10.6 Å². The highest BCUT2D eigenvalue weighted by Gasteiger charge is 2.24. The molecule has 1 saturated heterocycles. The highest BCUT2D eigenvalue weighted by molar-refractivity contribution is 8.18. The molecule has 0 bridgehead atoms.